The summed E-state index contributed by atoms with van der Waals surface area (Å²) in [4.78, 5) is 20.5. The summed E-state index contributed by atoms with van der Waals surface area (Å²) in [6.07, 6.45) is 7.54. The van der Waals surface area contributed by atoms with Crippen molar-refractivity contribution in [3.8, 4) is 22.5 Å². The van der Waals surface area contributed by atoms with Crippen molar-refractivity contribution in [1.29, 1.82) is 0 Å². The minimum absolute atomic E-state index is 0.106. The van der Waals surface area contributed by atoms with Gasteiger partial charge in [0.05, 0.1) is 36.4 Å². The molecule has 0 bridgehead atoms. The minimum atomic E-state index is -0.106. The number of rotatable bonds is 5. The molecule has 22 heavy (non-hydrogen) atoms. The van der Waals surface area contributed by atoms with E-state index in [-0.39, 0.29) is 11.9 Å². The highest BCUT2D eigenvalue weighted by Crippen LogP contribution is 2.25. The lowest BCUT2D eigenvalue weighted by atomic mass is 10.1. The molecule has 0 radical (unpaired) electrons. The lowest BCUT2D eigenvalue weighted by molar-refractivity contribution is -0.116. The van der Waals surface area contributed by atoms with Gasteiger partial charge >= 0.3 is 0 Å². The molecule has 6 nitrogen and oxygen atoms in total. The monoisotopic (exact) mass is 297 g/mol. The van der Waals surface area contributed by atoms with E-state index >= 15 is 0 Å². The molecule has 3 aromatic rings. The van der Waals surface area contributed by atoms with Gasteiger partial charge in [0.25, 0.3) is 0 Å². The third kappa shape index (κ3) is 3.06. The Balaban J connectivity index is 2.00. The van der Waals surface area contributed by atoms with Crippen LogP contribution >= 0.6 is 0 Å². The van der Waals surface area contributed by atoms with Crippen LogP contribution in [0.5, 0.6) is 0 Å². The summed E-state index contributed by atoms with van der Waals surface area (Å²) < 4.78 is 10.2. The molecule has 0 aliphatic carbocycles. The van der Waals surface area contributed by atoms with Crippen molar-refractivity contribution < 1.29 is 13.6 Å². The molecule has 0 aliphatic rings. The summed E-state index contributed by atoms with van der Waals surface area (Å²) in [5.74, 6) is 0.165. The molecule has 0 atom stereocenters. The first-order valence-corrected chi connectivity index (χ1v) is 7.00. The number of amides is 1. The van der Waals surface area contributed by atoms with Crippen molar-refractivity contribution in [1.82, 2.24) is 9.97 Å². The number of hydrogen-bond acceptors (Lipinski definition) is 5. The average Bonchev–Trinajstić information content (AvgIpc) is 3.21. The average molecular weight is 297 g/mol. The van der Waals surface area contributed by atoms with E-state index in [4.69, 9.17) is 8.83 Å². The molecule has 0 spiro atoms. The van der Waals surface area contributed by atoms with Crippen LogP contribution in [0.4, 0.5) is 5.95 Å². The number of aromatic nitrogens is 2. The predicted molar refractivity (Wildman–Crippen MR) is 81.0 cm³/mol. The molecule has 0 unspecified atom stereocenters. The first kappa shape index (κ1) is 14.1. The van der Waals surface area contributed by atoms with Gasteiger partial charge in [0.15, 0.2) is 0 Å². The van der Waals surface area contributed by atoms with Gasteiger partial charge in [-0.05, 0) is 24.6 Å². The van der Waals surface area contributed by atoms with E-state index in [2.05, 4.69) is 15.3 Å². The number of nitrogens with one attached hydrogen (secondary N) is 1. The maximum absolute atomic E-state index is 11.8. The number of anilines is 1. The molecule has 0 aliphatic heterocycles. The summed E-state index contributed by atoms with van der Waals surface area (Å²) in [7, 11) is 0. The van der Waals surface area contributed by atoms with Crippen molar-refractivity contribution in [3.63, 3.8) is 0 Å². The topological polar surface area (TPSA) is 81.2 Å². The first-order chi connectivity index (χ1) is 10.8. The Morgan fingerprint density at radius 1 is 1.09 bits per heavy atom. The minimum Gasteiger partial charge on any atom is -0.472 e. The fourth-order valence-corrected chi connectivity index (χ4v) is 2.03. The number of carbonyl (C=O) groups is 1. The third-order valence-electron chi connectivity index (χ3n) is 3.09. The molecule has 0 saturated carbocycles. The van der Waals surface area contributed by atoms with Crippen LogP contribution in [-0.2, 0) is 4.79 Å². The molecule has 3 aromatic heterocycles. The van der Waals surface area contributed by atoms with Gasteiger partial charge in [-0.3, -0.25) is 10.1 Å². The largest absolute Gasteiger partial charge is 0.472 e. The van der Waals surface area contributed by atoms with E-state index in [0.29, 0.717) is 17.8 Å². The number of furan rings is 2. The smallest absolute Gasteiger partial charge is 0.230 e. The van der Waals surface area contributed by atoms with Gasteiger partial charge in [-0.25, -0.2) is 9.97 Å². The highest BCUT2D eigenvalue weighted by molar-refractivity contribution is 5.89. The van der Waals surface area contributed by atoms with Crippen LogP contribution in [0.3, 0.4) is 0 Å². The molecule has 3 heterocycles. The SMILES string of the molecule is CCCC(=O)Nc1nc(-c2ccoc2)cc(-c2ccoc2)n1. The second-order valence-corrected chi connectivity index (χ2v) is 4.78. The fourth-order valence-electron chi connectivity index (χ4n) is 2.03. The van der Waals surface area contributed by atoms with Gasteiger partial charge in [-0.2, -0.15) is 0 Å². The van der Waals surface area contributed by atoms with Crippen molar-refractivity contribution in [3.05, 3.63) is 43.3 Å². The van der Waals surface area contributed by atoms with Crippen LogP contribution in [0.25, 0.3) is 22.5 Å². The second-order valence-electron chi connectivity index (χ2n) is 4.78. The molecule has 0 saturated heterocycles. The Hall–Kier alpha value is -2.89. The zero-order chi connectivity index (χ0) is 15.4. The molecule has 6 heteroatoms. The van der Waals surface area contributed by atoms with Crippen molar-refractivity contribution in [2.24, 2.45) is 0 Å². The quantitative estimate of drug-likeness (QED) is 0.776. The van der Waals surface area contributed by atoms with Crippen molar-refractivity contribution >= 4 is 11.9 Å². The second kappa shape index (κ2) is 6.26. The Kier molecular flexibility index (Phi) is 4.00. The number of nitrogens with zero attached hydrogens (tertiary/aromatic N) is 2. The van der Waals surface area contributed by atoms with E-state index < -0.39 is 0 Å². The van der Waals surface area contributed by atoms with Gasteiger partial charge in [-0.1, -0.05) is 6.92 Å². The Bertz CT molecular complexity index is 697. The van der Waals surface area contributed by atoms with Gasteiger partial charge in [0, 0.05) is 17.5 Å². The summed E-state index contributed by atoms with van der Waals surface area (Å²) in [5, 5.41) is 2.73. The van der Waals surface area contributed by atoms with Crippen LogP contribution in [-0.4, -0.2) is 15.9 Å². The van der Waals surface area contributed by atoms with Crippen molar-refractivity contribution in [2.45, 2.75) is 19.8 Å². The predicted octanol–water partition coefficient (Wildman–Crippen LogP) is 3.74. The molecule has 1 N–H and O–H groups in total. The van der Waals surface area contributed by atoms with Crippen LogP contribution in [0, 0.1) is 0 Å². The highest BCUT2D eigenvalue weighted by Gasteiger charge is 2.12. The van der Waals surface area contributed by atoms with E-state index in [1.54, 1.807) is 37.2 Å². The van der Waals surface area contributed by atoms with E-state index in [1.165, 1.54) is 0 Å². The van der Waals surface area contributed by atoms with Gasteiger partial charge in [0.1, 0.15) is 0 Å². The normalized spacial score (nSPS) is 10.6. The molecular weight excluding hydrogens is 282 g/mol. The van der Waals surface area contributed by atoms with Crippen LogP contribution in [0.15, 0.2) is 52.1 Å². The van der Waals surface area contributed by atoms with E-state index in [1.807, 2.05) is 13.0 Å². The third-order valence-corrected chi connectivity index (χ3v) is 3.09. The maximum Gasteiger partial charge on any atom is 0.230 e. The Morgan fingerprint density at radius 3 is 2.14 bits per heavy atom. The molecular formula is C16H15N3O3. The van der Waals surface area contributed by atoms with Gasteiger partial charge in [-0.15, -0.1) is 0 Å². The molecule has 3 rings (SSSR count). The Labute approximate surface area is 127 Å². The lowest BCUT2D eigenvalue weighted by Gasteiger charge is -2.07. The lowest BCUT2D eigenvalue weighted by Crippen LogP contribution is -2.13. The molecule has 0 fully saturated rings. The maximum atomic E-state index is 11.8. The number of hydrogen-bond donors (Lipinski definition) is 1. The summed E-state index contributed by atoms with van der Waals surface area (Å²) in [6.45, 7) is 1.94. The summed E-state index contributed by atoms with van der Waals surface area (Å²) in [5.41, 5.74) is 2.98. The summed E-state index contributed by atoms with van der Waals surface area (Å²) >= 11 is 0. The standard InChI is InChI=1S/C16H15N3O3/c1-2-3-15(20)19-16-17-13(11-4-6-21-9-11)8-14(18-16)12-5-7-22-10-12/h4-10H,2-3H2,1H3,(H,17,18,19,20). The number of carbonyl (C=O) groups excluding carboxylic acids is 1. The van der Waals surface area contributed by atoms with Gasteiger partial charge in [0.2, 0.25) is 11.9 Å². The molecule has 1 amide bonds. The zero-order valence-corrected chi connectivity index (χ0v) is 12.1. The fraction of sp³-hybridized carbons (Fsp3) is 0.188. The summed E-state index contributed by atoms with van der Waals surface area (Å²) in [6, 6.07) is 5.43. The van der Waals surface area contributed by atoms with Crippen molar-refractivity contribution in [2.75, 3.05) is 5.32 Å². The molecule has 112 valence electrons. The highest BCUT2D eigenvalue weighted by atomic mass is 16.3. The van der Waals surface area contributed by atoms with E-state index in [9.17, 15) is 4.79 Å². The van der Waals surface area contributed by atoms with E-state index in [0.717, 1.165) is 17.5 Å². The zero-order valence-electron chi connectivity index (χ0n) is 12.1. The Morgan fingerprint density at radius 2 is 1.68 bits per heavy atom. The van der Waals surface area contributed by atoms with Crippen LogP contribution in [0.2, 0.25) is 0 Å². The van der Waals surface area contributed by atoms with Crippen LogP contribution in [0.1, 0.15) is 19.8 Å². The van der Waals surface area contributed by atoms with Crippen LogP contribution < -0.4 is 5.32 Å². The van der Waals surface area contributed by atoms with Gasteiger partial charge < -0.3 is 8.83 Å². The molecule has 0 aromatic carbocycles. The first-order valence-electron chi connectivity index (χ1n) is 7.00.